The van der Waals surface area contributed by atoms with Gasteiger partial charge < -0.3 is 0 Å². The Kier molecular flexibility index (Phi) is 5.12. The maximum Gasteiger partial charge on any atom is 0.217 e. The van der Waals surface area contributed by atoms with Crippen LogP contribution in [0.1, 0.15) is 53.1 Å². The van der Waals surface area contributed by atoms with Crippen molar-refractivity contribution in [1.29, 1.82) is 0 Å². The molecule has 0 atom stereocenters. The SMILES string of the molecule is CCc1ccc(C2=C(c3cc(F)c(C)cc3F)CCCc3c2ccc2n[nH]c(F)c32)cc1. The molecule has 0 fully saturated rings. The van der Waals surface area contributed by atoms with Crippen LogP contribution in [-0.2, 0) is 12.8 Å². The molecule has 1 aromatic heterocycles. The van der Waals surface area contributed by atoms with Gasteiger partial charge in [-0.1, -0.05) is 37.3 Å². The van der Waals surface area contributed by atoms with E-state index in [4.69, 9.17) is 0 Å². The van der Waals surface area contributed by atoms with Gasteiger partial charge in [0.2, 0.25) is 5.95 Å². The van der Waals surface area contributed by atoms with E-state index in [9.17, 15) is 8.78 Å². The smallest absolute Gasteiger partial charge is 0.217 e. The molecule has 0 radical (unpaired) electrons. The van der Waals surface area contributed by atoms with Crippen LogP contribution >= 0.6 is 0 Å². The van der Waals surface area contributed by atoms with Gasteiger partial charge >= 0.3 is 0 Å². The molecule has 0 aliphatic heterocycles. The molecule has 0 unspecified atom stereocenters. The summed E-state index contributed by atoms with van der Waals surface area (Å²) in [6, 6.07) is 14.4. The number of H-pyrrole nitrogens is 1. The monoisotopic (exact) mass is 432 g/mol. The summed E-state index contributed by atoms with van der Waals surface area (Å²) < 4.78 is 44.3. The number of hydrogen-bond acceptors (Lipinski definition) is 1. The van der Waals surface area contributed by atoms with Crippen molar-refractivity contribution >= 4 is 22.0 Å². The first-order chi connectivity index (χ1) is 15.5. The van der Waals surface area contributed by atoms with Crippen molar-refractivity contribution in [3.63, 3.8) is 0 Å². The molecule has 0 amide bonds. The predicted octanol–water partition coefficient (Wildman–Crippen LogP) is 7.15. The number of nitrogens with zero attached hydrogens (tertiary/aromatic N) is 1. The highest BCUT2D eigenvalue weighted by Gasteiger charge is 2.25. The van der Waals surface area contributed by atoms with Crippen LogP contribution < -0.4 is 0 Å². The number of aromatic nitrogens is 2. The van der Waals surface area contributed by atoms with Crippen LogP contribution in [0.4, 0.5) is 13.2 Å². The minimum Gasteiger partial charge on any atom is -0.252 e. The Morgan fingerprint density at radius 1 is 0.906 bits per heavy atom. The molecule has 0 saturated heterocycles. The van der Waals surface area contributed by atoms with Crippen LogP contribution in [0, 0.1) is 24.5 Å². The van der Waals surface area contributed by atoms with Gasteiger partial charge in [0.25, 0.3) is 0 Å². The van der Waals surface area contributed by atoms with Gasteiger partial charge in [-0.25, -0.2) is 8.78 Å². The van der Waals surface area contributed by atoms with E-state index < -0.39 is 17.6 Å². The van der Waals surface area contributed by atoms with Crippen LogP contribution in [0.2, 0.25) is 0 Å². The minimum absolute atomic E-state index is 0.267. The molecule has 1 aliphatic rings. The van der Waals surface area contributed by atoms with Crippen molar-refractivity contribution in [2.75, 3.05) is 0 Å². The number of fused-ring (bicyclic) bond motifs is 3. The second-order valence-electron chi connectivity index (χ2n) is 8.36. The Bertz CT molecular complexity index is 1360. The third-order valence-corrected chi connectivity index (χ3v) is 6.43. The molecule has 162 valence electrons. The Balaban J connectivity index is 1.86. The maximum atomic E-state index is 15.1. The van der Waals surface area contributed by atoms with Crippen molar-refractivity contribution in [1.82, 2.24) is 10.2 Å². The summed E-state index contributed by atoms with van der Waals surface area (Å²) in [5, 5.41) is 6.98. The van der Waals surface area contributed by atoms with E-state index in [2.05, 4.69) is 17.1 Å². The number of aromatic amines is 1. The van der Waals surface area contributed by atoms with E-state index >= 15 is 4.39 Å². The molecule has 1 heterocycles. The molecule has 3 aromatic carbocycles. The van der Waals surface area contributed by atoms with Gasteiger partial charge in [-0.2, -0.15) is 9.49 Å². The van der Waals surface area contributed by atoms with E-state index in [-0.39, 0.29) is 11.1 Å². The lowest BCUT2D eigenvalue weighted by atomic mass is 9.86. The molecular weight excluding hydrogens is 409 g/mol. The highest BCUT2D eigenvalue weighted by atomic mass is 19.1. The summed E-state index contributed by atoms with van der Waals surface area (Å²) in [5.74, 6) is -1.34. The normalized spacial score (nSPS) is 14.0. The zero-order valence-electron chi connectivity index (χ0n) is 18.0. The zero-order chi connectivity index (χ0) is 22.4. The van der Waals surface area contributed by atoms with Gasteiger partial charge in [-0.15, -0.1) is 0 Å². The van der Waals surface area contributed by atoms with Crippen molar-refractivity contribution in [2.24, 2.45) is 0 Å². The first kappa shape index (κ1) is 20.6. The fourth-order valence-electron chi connectivity index (χ4n) is 4.75. The molecular formula is C27H23F3N2. The number of aryl methyl sites for hydroxylation is 3. The van der Waals surface area contributed by atoms with Crippen molar-refractivity contribution in [3.05, 3.63) is 99.5 Å². The van der Waals surface area contributed by atoms with E-state index in [1.54, 1.807) is 13.0 Å². The summed E-state index contributed by atoms with van der Waals surface area (Å²) in [5.41, 5.74) is 6.47. The number of benzene rings is 3. The fourth-order valence-corrected chi connectivity index (χ4v) is 4.75. The number of hydrogen-bond donors (Lipinski definition) is 1. The van der Waals surface area contributed by atoms with Crippen molar-refractivity contribution < 1.29 is 13.2 Å². The van der Waals surface area contributed by atoms with E-state index in [1.165, 1.54) is 17.7 Å². The average Bonchev–Trinajstić information content (AvgIpc) is 3.07. The third kappa shape index (κ3) is 3.32. The number of nitrogens with one attached hydrogen (secondary N) is 1. The first-order valence-corrected chi connectivity index (χ1v) is 10.9. The van der Waals surface area contributed by atoms with Crippen molar-refractivity contribution in [2.45, 2.75) is 39.5 Å². The minimum atomic E-state index is -0.464. The molecule has 32 heavy (non-hydrogen) atoms. The molecule has 0 saturated carbocycles. The highest BCUT2D eigenvalue weighted by Crippen LogP contribution is 2.43. The lowest BCUT2D eigenvalue weighted by Crippen LogP contribution is -2.00. The van der Waals surface area contributed by atoms with E-state index in [1.807, 2.05) is 30.3 Å². The van der Waals surface area contributed by atoms with Crippen LogP contribution in [0.25, 0.3) is 22.0 Å². The van der Waals surface area contributed by atoms with E-state index in [0.717, 1.165) is 34.3 Å². The highest BCUT2D eigenvalue weighted by molar-refractivity contribution is 6.02. The van der Waals surface area contributed by atoms with Gasteiger partial charge in [-0.3, -0.25) is 5.10 Å². The second kappa shape index (κ2) is 7.97. The van der Waals surface area contributed by atoms with Crippen molar-refractivity contribution in [3.8, 4) is 0 Å². The van der Waals surface area contributed by atoms with Crippen LogP contribution in [0.5, 0.6) is 0 Å². The second-order valence-corrected chi connectivity index (χ2v) is 8.36. The average molecular weight is 432 g/mol. The number of rotatable bonds is 3. The lowest BCUT2D eigenvalue weighted by molar-refractivity contribution is 0.587. The van der Waals surface area contributed by atoms with Crippen LogP contribution in [0.15, 0.2) is 48.5 Å². The Hall–Kier alpha value is -3.34. The Morgan fingerprint density at radius 2 is 1.69 bits per heavy atom. The zero-order valence-corrected chi connectivity index (χ0v) is 18.0. The summed E-state index contributed by atoms with van der Waals surface area (Å²) >= 11 is 0. The Morgan fingerprint density at radius 3 is 2.44 bits per heavy atom. The predicted molar refractivity (Wildman–Crippen MR) is 122 cm³/mol. The standard InChI is InChI=1S/C27H23F3N2/c1-3-16-7-9-17(10-8-16)25-19(21-14-22(28)15(2)13-23(21)29)6-4-5-18-20(25)11-12-24-26(18)27(30)32-31-24/h7-14H,3-6H2,1-2H3,(H,31,32). The molecule has 0 bridgehead atoms. The Labute approximate surface area is 184 Å². The summed E-state index contributed by atoms with van der Waals surface area (Å²) in [4.78, 5) is 0. The summed E-state index contributed by atoms with van der Waals surface area (Å²) in [7, 11) is 0. The molecule has 2 nitrogen and oxygen atoms in total. The van der Waals surface area contributed by atoms with Gasteiger partial charge in [0.1, 0.15) is 11.6 Å². The molecule has 4 aromatic rings. The molecule has 5 heteroatoms. The number of halogens is 3. The summed E-state index contributed by atoms with van der Waals surface area (Å²) in [6.45, 7) is 3.64. The quantitative estimate of drug-likeness (QED) is 0.366. The van der Waals surface area contributed by atoms with E-state index in [0.29, 0.717) is 30.2 Å². The largest absolute Gasteiger partial charge is 0.252 e. The maximum absolute atomic E-state index is 15.1. The van der Waals surface area contributed by atoms with Gasteiger partial charge in [0.05, 0.1) is 10.9 Å². The number of allylic oxidation sites excluding steroid dienone is 1. The van der Waals surface area contributed by atoms with Crippen LogP contribution in [-0.4, -0.2) is 10.2 Å². The molecule has 1 N–H and O–H groups in total. The first-order valence-electron chi connectivity index (χ1n) is 10.9. The van der Waals surface area contributed by atoms with Crippen LogP contribution in [0.3, 0.4) is 0 Å². The van der Waals surface area contributed by atoms with Gasteiger partial charge in [-0.05, 0) is 89.8 Å². The van der Waals surface area contributed by atoms with Gasteiger partial charge in [0.15, 0.2) is 0 Å². The third-order valence-electron chi connectivity index (χ3n) is 6.43. The lowest BCUT2D eigenvalue weighted by Gasteiger charge is -2.18. The molecule has 1 aliphatic carbocycles. The molecule has 0 spiro atoms. The van der Waals surface area contributed by atoms with Gasteiger partial charge in [0, 0.05) is 5.56 Å². The topological polar surface area (TPSA) is 28.7 Å². The summed E-state index contributed by atoms with van der Waals surface area (Å²) in [6.07, 6.45) is 2.78. The molecule has 5 rings (SSSR count). The fraction of sp³-hybridized carbons (Fsp3) is 0.222.